The van der Waals surface area contributed by atoms with E-state index >= 15 is 0 Å². The van der Waals surface area contributed by atoms with Crippen LogP contribution in [0.2, 0.25) is 10.0 Å². The second-order valence-electron chi connectivity index (χ2n) is 4.13. The van der Waals surface area contributed by atoms with Gasteiger partial charge in [0.15, 0.2) is 0 Å². The van der Waals surface area contributed by atoms with Gasteiger partial charge in [0.2, 0.25) is 5.91 Å². The normalized spacial score (nSPS) is 12.5. The Morgan fingerprint density at radius 3 is 2.12 bits per heavy atom. The molecule has 0 spiro atoms. The van der Waals surface area contributed by atoms with Gasteiger partial charge in [0.05, 0.1) is 15.7 Å². The van der Waals surface area contributed by atoms with E-state index in [1.165, 1.54) is 0 Å². The maximum atomic E-state index is 11.3. The van der Waals surface area contributed by atoms with Gasteiger partial charge in [0.25, 0.3) is 0 Å². The molecule has 1 aromatic rings. The number of amides is 1. The summed E-state index contributed by atoms with van der Waals surface area (Å²) in [6, 6.07) is 2.59. The molecule has 0 aliphatic heterocycles. The van der Waals surface area contributed by atoms with Crippen molar-refractivity contribution in [2.45, 2.75) is 19.9 Å². The Balaban J connectivity index is 3.05. The van der Waals surface area contributed by atoms with Crippen molar-refractivity contribution in [2.75, 3.05) is 11.1 Å². The van der Waals surface area contributed by atoms with Crippen molar-refractivity contribution >= 4 is 40.5 Å². The topological polar surface area (TPSA) is 81.1 Å². The number of halogens is 2. The van der Waals surface area contributed by atoms with Crippen molar-refractivity contribution in [1.82, 2.24) is 0 Å². The number of carbonyl (C=O) groups excluding carboxylic acids is 1. The van der Waals surface area contributed by atoms with Gasteiger partial charge < -0.3 is 16.8 Å². The van der Waals surface area contributed by atoms with Gasteiger partial charge in [-0.15, -0.1) is 0 Å². The first-order chi connectivity index (χ1) is 7.82. The molecule has 0 saturated heterocycles. The van der Waals surface area contributed by atoms with Gasteiger partial charge in [-0.3, -0.25) is 4.79 Å². The minimum Gasteiger partial charge on any atom is -0.399 e. The first kappa shape index (κ1) is 13.9. The number of carbonyl (C=O) groups is 1. The summed E-state index contributed by atoms with van der Waals surface area (Å²) in [6.07, 6.45) is 0. The van der Waals surface area contributed by atoms with Crippen molar-refractivity contribution in [1.29, 1.82) is 0 Å². The fraction of sp³-hybridized carbons (Fsp3) is 0.364. The largest absolute Gasteiger partial charge is 0.399 e. The quantitative estimate of drug-likeness (QED) is 0.739. The molecular weight excluding hydrogens is 261 g/mol. The molecule has 0 heterocycles. The number of primary amides is 1. The van der Waals surface area contributed by atoms with Crippen LogP contribution in [0.4, 0.5) is 11.4 Å². The van der Waals surface area contributed by atoms with E-state index in [9.17, 15) is 4.79 Å². The summed E-state index contributed by atoms with van der Waals surface area (Å²) >= 11 is 12.0. The lowest BCUT2D eigenvalue weighted by Gasteiger charge is -2.21. The zero-order valence-electron chi connectivity index (χ0n) is 9.63. The Hall–Kier alpha value is -1.13. The highest BCUT2D eigenvalue weighted by molar-refractivity contribution is 6.39. The number of nitrogen functional groups attached to an aromatic ring is 1. The predicted octanol–water partition coefficient (Wildman–Crippen LogP) is 2.50. The maximum absolute atomic E-state index is 11.3. The smallest absolute Gasteiger partial charge is 0.240 e. The standard InChI is InChI=1S/C11H15Cl2N3O/c1-5(2)9(11(15)17)16-10-7(12)3-6(14)4-8(10)13/h3-5,9,16H,14H2,1-2H3,(H2,15,17). The van der Waals surface area contributed by atoms with Gasteiger partial charge in [-0.1, -0.05) is 37.0 Å². The monoisotopic (exact) mass is 275 g/mol. The van der Waals surface area contributed by atoms with Crippen LogP contribution in [0.3, 0.4) is 0 Å². The Labute approximate surface area is 110 Å². The molecule has 0 fully saturated rings. The van der Waals surface area contributed by atoms with Crippen molar-refractivity contribution in [2.24, 2.45) is 11.7 Å². The van der Waals surface area contributed by atoms with E-state index in [0.29, 0.717) is 21.4 Å². The molecule has 1 rings (SSSR count). The van der Waals surface area contributed by atoms with Gasteiger partial charge in [-0.25, -0.2) is 0 Å². The number of anilines is 2. The lowest BCUT2D eigenvalue weighted by molar-refractivity contribution is -0.119. The van der Waals surface area contributed by atoms with E-state index in [4.69, 9.17) is 34.7 Å². The molecule has 1 aromatic carbocycles. The lowest BCUT2D eigenvalue weighted by Crippen LogP contribution is -2.39. The van der Waals surface area contributed by atoms with Gasteiger partial charge in [-0.05, 0) is 18.1 Å². The molecule has 17 heavy (non-hydrogen) atoms. The van der Waals surface area contributed by atoms with Gasteiger partial charge >= 0.3 is 0 Å². The Morgan fingerprint density at radius 1 is 1.29 bits per heavy atom. The number of hydrogen-bond donors (Lipinski definition) is 3. The molecule has 1 atom stereocenters. The summed E-state index contributed by atoms with van der Waals surface area (Å²) in [6.45, 7) is 3.75. The molecule has 6 heteroatoms. The summed E-state index contributed by atoms with van der Waals surface area (Å²) < 4.78 is 0. The highest BCUT2D eigenvalue weighted by Gasteiger charge is 2.21. The molecule has 94 valence electrons. The summed E-state index contributed by atoms with van der Waals surface area (Å²) in [4.78, 5) is 11.3. The third kappa shape index (κ3) is 3.41. The van der Waals surface area contributed by atoms with Crippen LogP contribution < -0.4 is 16.8 Å². The molecule has 1 amide bonds. The van der Waals surface area contributed by atoms with Crippen LogP contribution in [-0.2, 0) is 4.79 Å². The number of nitrogens with one attached hydrogen (secondary N) is 1. The molecule has 5 N–H and O–H groups in total. The molecule has 0 saturated carbocycles. The van der Waals surface area contributed by atoms with Crippen LogP contribution in [0.25, 0.3) is 0 Å². The van der Waals surface area contributed by atoms with Crippen molar-refractivity contribution in [3.05, 3.63) is 22.2 Å². The molecule has 0 aliphatic rings. The molecule has 4 nitrogen and oxygen atoms in total. The second-order valence-corrected chi connectivity index (χ2v) is 4.94. The van der Waals surface area contributed by atoms with Crippen LogP contribution in [-0.4, -0.2) is 11.9 Å². The summed E-state index contributed by atoms with van der Waals surface area (Å²) in [5, 5.41) is 3.67. The van der Waals surface area contributed by atoms with Crippen molar-refractivity contribution < 1.29 is 4.79 Å². The van der Waals surface area contributed by atoms with E-state index in [2.05, 4.69) is 5.32 Å². The first-order valence-electron chi connectivity index (χ1n) is 5.13. The Morgan fingerprint density at radius 2 is 1.76 bits per heavy atom. The molecule has 1 unspecified atom stereocenters. The minimum absolute atomic E-state index is 0.0252. The summed E-state index contributed by atoms with van der Waals surface area (Å²) in [5.74, 6) is -0.429. The van der Waals surface area contributed by atoms with Crippen LogP contribution in [0, 0.1) is 5.92 Å². The van der Waals surface area contributed by atoms with E-state index < -0.39 is 11.9 Å². The molecule has 0 bridgehead atoms. The number of nitrogens with two attached hydrogens (primary N) is 2. The number of benzene rings is 1. The highest BCUT2D eigenvalue weighted by Crippen LogP contribution is 2.33. The SMILES string of the molecule is CC(C)C(Nc1c(Cl)cc(N)cc1Cl)C(N)=O. The van der Waals surface area contributed by atoms with E-state index in [0.717, 1.165) is 0 Å². The highest BCUT2D eigenvalue weighted by atomic mass is 35.5. The zero-order chi connectivity index (χ0) is 13.2. The molecule has 0 aromatic heterocycles. The average Bonchev–Trinajstić information content (AvgIpc) is 2.14. The van der Waals surface area contributed by atoms with E-state index in [1.807, 2.05) is 13.8 Å². The average molecular weight is 276 g/mol. The maximum Gasteiger partial charge on any atom is 0.240 e. The van der Waals surface area contributed by atoms with Crippen LogP contribution in [0.1, 0.15) is 13.8 Å². The lowest BCUT2D eigenvalue weighted by atomic mass is 10.0. The number of hydrogen-bond acceptors (Lipinski definition) is 3. The van der Waals surface area contributed by atoms with Gasteiger partial charge in [-0.2, -0.15) is 0 Å². The second kappa shape index (κ2) is 5.47. The summed E-state index contributed by atoms with van der Waals surface area (Å²) in [5.41, 5.74) is 11.8. The molecule has 0 radical (unpaired) electrons. The van der Waals surface area contributed by atoms with E-state index in [-0.39, 0.29) is 5.92 Å². The fourth-order valence-electron chi connectivity index (χ4n) is 1.45. The third-order valence-electron chi connectivity index (χ3n) is 2.34. The van der Waals surface area contributed by atoms with Crippen molar-refractivity contribution in [3.8, 4) is 0 Å². The van der Waals surface area contributed by atoms with Crippen molar-refractivity contribution in [3.63, 3.8) is 0 Å². The number of rotatable bonds is 4. The zero-order valence-corrected chi connectivity index (χ0v) is 11.1. The van der Waals surface area contributed by atoms with Crippen LogP contribution in [0.5, 0.6) is 0 Å². The predicted molar refractivity (Wildman–Crippen MR) is 72.3 cm³/mol. The fourth-order valence-corrected chi connectivity index (χ4v) is 2.07. The Kier molecular flexibility index (Phi) is 4.48. The van der Waals surface area contributed by atoms with Gasteiger partial charge in [0, 0.05) is 5.69 Å². The minimum atomic E-state index is -0.534. The Bertz CT molecular complexity index is 412. The van der Waals surface area contributed by atoms with E-state index in [1.54, 1.807) is 12.1 Å². The third-order valence-corrected chi connectivity index (χ3v) is 2.93. The first-order valence-corrected chi connectivity index (χ1v) is 5.89. The van der Waals surface area contributed by atoms with Crippen LogP contribution >= 0.6 is 23.2 Å². The van der Waals surface area contributed by atoms with Crippen LogP contribution in [0.15, 0.2) is 12.1 Å². The molecule has 0 aliphatic carbocycles. The summed E-state index contributed by atoms with van der Waals surface area (Å²) in [7, 11) is 0. The molecular formula is C11H15Cl2N3O. The van der Waals surface area contributed by atoms with Gasteiger partial charge in [0.1, 0.15) is 6.04 Å².